The van der Waals surface area contributed by atoms with Gasteiger partial charge in [-0.2, -0.15) is 0 Å². The van der Waals surface area contributed by atoms with E-state index in [9.17, 15) is 9.90 Å². The summed E-state index contributed by atoms with van der Waals surface area (Å²) in [6, 6.07) is 16.3. The molecule has 2 unspecified atom stereocenters. The van der Waals surface area contributed by atoms with Gasteiger partial charge in [0.2, 0.25) is 0 Å². The van der Waals surface area contributed by atoms with E-state index >= 15 is 0 Å². The fraction of sp³-hybridized carbons (Fsp3) is 0.381. The molecule has 2 N–H and O–H groups in total. The fourth-order valence-corrected chi connectivity index (χ4v) is 4.00. The summed E-state index contributed by atoms with van der Waals surface area (Å²) < 4.78 is 5.53. The number of benzene rings is 2. The predicted octanol–water partition coefficient (Wildman–Crippen LogP) is 2.85. The number of hydrogen-bond acceptors (Lipinski definition) is 4. The van der Waals surface area contributed by atoms with Crippen molar-refractivity contribution in [2.75, 3.05) is 13.2 Å². The van der Waals surface area contributed by atoms with Crippen LogP contribution in [0.25, 0.3) is 11.1 Å². The first-order chi connectivity index (χ1) is 12.3. The molecule has 0 saturated carbocycles. The number of nitrogens with one attached hydrogen (secondary N) is 1. The Kier molecular flexibility index (Phi) is 4.55. The van der Waals surface area contributed by atoms with Gasteiger partial charge in [0.25, 0.3) is 0 Å². The SMILES string of the molecule is O=C(OCC1c2ccccc2-c2ccccc21)C(O)C1CCCCN1. The van der Waals surface area contributed by atoms with Gasteiger partial charge in [-0.1, -0.05) is 55.0 Å². The van der Waals surface area contributed by atoms with E-state index in [0.29, 0.717) is 0 Å². The third kappa shape index (κ3) is 3.08. The Hall–Kier alpha value is -2.17. The molecule has 1 saturated heterocycles. The van der Waals surface area contributed by atoms with Gasteiger partial charge in [0.15, 0.2) is 6.10 Å². The average molecular weight is 337 g/mol. The van der Waals surface area contributed by atoms with Crippen molar-refractivity contribution in [3.8, 4) is 11.1 Å². The van der Waals surface area contributed by atoms with Crippen LogP contribution in [0.2, 0.25) is 0 Å². The molecule has 2 aromatic carbocycles. The molecule has 0 aromatic heterocycles. The molecule has 2 atom stereocenters. The number of fused-ring (bicyclic) bond motifs is 3. The van der Waals surface area contributed by atoms with Crippen molar-refractivity contribution in [3.63, 3.8) is 0 Å². The topological polar surface area (TPSA) is 58.6 Å². The van der Waals surface area contributed by atoms with Gasteiger partial charge in [-0.15, -0.1) is 0 Å². The van der Waals surface area contributed by atoms with Crippen LogP contribution in [-0.4, -0.2) is 36.4 Å². The molecular formula is C21H23NO3. The Morgan fingerprint density at radius 2 is 1.72 bits per heavy atom. The van der Waals surface area contributed by atoms with E-state index in [-0.39, 0.29) is 18.6 Å². The third-order valence-electron chi connectivity index (χ3n) is 5.33. The number of aliphatic hydroxyl groups excluding tert-OH is 1. The van der Waals surface area contributed by atoms with Crippen molar-refractivity contribution >= 4 is 5.97 Å². The molecule has 2 aliphatic rings. The number of esters is 1. The monoisotopic (exact) mass is 337 g/mol. The lowest BCUT2D eigenvalue weighted by Gasteiger charge is -2.27. The quantitative estimate of drug-likeness (QED) is 0.843. The first-order valence-corrected chi connectivity index (χ1v) is 9.02. The lowest BCUT2D eigenvalue weighted by atomic mass is 9.97. The molecule has 1 heterocycles. The summed E-state index contributed by atoms with van der Waals surface area (Å²) in [4.78, 5) is 12.3. The van der Waals surface area contributed by atoms with E-state index in [1.165, 1.54) is 22.3 Å². The number of rotatable bonds is 4. The highest BCUT2D eigenvalue weighted by Gasteiger charge is 2.32. The zero-order chi connectivity index (χ0) is 17.2. The number of piperidine rings is 1. The fourth-order valence-electron chi connectivity index (χ4n) is 4.00. The normalized spacial score (nSPS) is 20.6. The van der Waals surface area contributed by atoms with Crippen molar-refractivity contribution in [1.82, 2.24) is 5.32 Å². The first-order valence-electron chi connectivity index (χ1n) is 9.02. The van der Waals surface area contributed by atoms with Crippen LogP contribution in [0.15, 0.2) is 48.5 Å². The lowest BCUT2D eigenvalue weighted by Crippen LogP contribution is -2.47. The van der Waals surface area contributed by atoms with Crippen molar-refractivity contribution in [2.24, 2.45) is 0 Å². The standard InChI is InChI=1S/C21H23NO3/c23-20(19-11-5-6-12-22-19)21(24)25-13-18-16-9-3-1-7-14(16)15-8-2-4-10-17(15)18/h1-4,7-10,18-20,22-23H,5-6,11-13H2. The van der Waals surface area contributed by atoms with Gasteiger partial charge in [0.1, 0.15) is 6.61 Å². The lowest BCUT2D eigenvalue weighted by molar-refractivity contribution is -0.155. The highest BCUT2D eigenvalue weighted by Crippen LogP contribution is 2.44. The van der Waals surface area contributed by atoms with Gasteiger partial charge in [-0.25, -0.2) is 4.79 Å². The molecule has 130 valence electrons. The molecule has 0 bridgehead atoms. The van der Waals surface area contributed by atoms with Gasteiger partial charge in [0.05, 0.1) is 0 Å². The van der Waals surface area contributed by atoms with E-state index < -0.39 is 12.1 Å². The van der Waals surface area contributed by atoms with Crippen LogP contribution in [0.4, 0.5) is 0 Å². The largest absolute Gasteiger partial charge is 0.463 e. The summed E-state index contributed by atoms with van der Waals surface area (Å²) >= 11 is 0. The van der Waals surface area contributed by atoms with Gasteiger partial charge >= 0.3 is 5.97 Å². The molecule has 25 heavy (non-hydrogen) atoms. The number of carbonyl (C=O) groups is 1. The Bertz CT molecular complexity index is 722. The van der Waals surface area contributed by atoms with E-state index in [2.05, 4.69) is 29.6 Å². The molecule has 0 radical (unpaired) electrons. The third-order valence-corrected chi connectivity index (χ3v) is 5.33. The molecule has 4 heteroatoms. The van der Waals surface area contributed by atoms with Crippen molar-refractivity contribution in [1.29, 1.82) is 0 Å². The number of ether oxygens (including phenoxy) is 1. The maximum atomic E-state index is 12.3. The van der Waals surface area contributed by atoms with Crippen LogP contribution >= 0.6 is 0 Å². The second-order valence-corrected chi connectivity index (χ2v) is 6.86. The number of carbonyl (C=O) groups excluding carboxylic acids is 1. The Labute approximate surface area is 147 Å². The molecule has 2 aromatic rings. The predicted molar refractivity (Wildman–Crippen MR) is 96.3 cm³/mol. The van der Waals surface area contributed by atoms with Crippen LogP contribution in [-0.2, 0) is 9.53 Å². The summed E-state index contributed by atoms with van der Waals surface area (Å²) in [6.07, 6.45) is 1.84. The number of hydrogen-bond donors (Lipinski definition) is 2. The van der Waals surface area contributed by atoms with Crippen LogP contribution in [0.3, 0.4) is 0 Å². The molecule has 1 aliphatic carbocycles. The summed E-state index contributed by atoms with van der Waals surface area (Å²) in [5.74, 6) is -0.496. The minimum absolute atomic E-state index is 0.0304. The van der Waals surface area contributed by atoms with E-state index in [0.717, 1.165) is 25.8 Å². The zero-order valence-corrected chi connectivity index (χ0v) is 14.2. The first kappa shape index (κ1) is 16.3. The second kappa shape index (κ2) is 6.98. The Morgan fingerprint density at radius 1 is 1.08 bits per heavy atom. The minimum atomic E-state index is -1.09. The molecule has 4 rings (SSSR count). The van der Waals surface area contributed by atoms with Crippen molar-refractivity contribution in [2.45, 2.75) is 37.3 Å². The maximum absolute atomic E-state index is 12.3. The van der Waals surface area contributed by atoms with E-state index in [1.807, 2.05) is 24.3 Å². The van der Waals surface area contributed by atoms with Crippen LogP contribution in [0.1, 0.15) is 36.3 Å². The van der Waals surface area contributed by atoms with E-state index in [1.54, 1.807) is 0 Å². The van der Waals surface area contributed by atoms with Gasteiger partial charge < -0.3 is 15.2 Å². The van der Waals surface area contributed by atoms with Crippen LogP contribution < -0.4 is 5.32 Å². The summed E-state index contributed by atoms with van der Waals surface area (Å²) in [7, 11) is 0. The van der Waals surface area contributed by atoms with Gasteiger partial charge in [0, 0.05) is 12.0 Å². The molecule has 1 aliphatic heterocycles. The average Bonchev–Trinajstić information content (AvgIpc) is 3.00. The van der Waals surface area contributed by atoms with Crippen LogP contribution in [0, 0.1) is 0 Å². The van der Waals surface area contributed by atoms with Gasteiger partial charge in [-0.3, -0.25) is 0 Å². The van der Waals surface area contributed by atoms with Crippen LogP contribution in [0.5, 0.6) is 0 Å². The second-order valence-electron chi connectivity index (χ2n) is 6.86. The number of aliphatic hydroxyl groups is 1. The minimum Gasteiger partial charge on any atom is -0.463 e. The van der Waals surface area contributed by atoms with E-state index in [4.69, 9.17) is 4.74 Å². The molecule has 0 spiro atoms. The molecular weight excluding hydrogens is 314 g/mol. The molecule has 4 nitrogen and oxygen atoms in total. The molecule has 1 fully saturated rings. The Balaban J connectivity index is 1.48. The van der Waals surface area contributed by atoms with Crippen molar-refractivity contribution in [3.05, 3.63) is 59.7 Å². The zero-order valence-electron chi connectivity index (χ0n) is 14.2. The maximum Gasteiger partial charge on any atom is 0.336 e. The Morgan fingerprint density at radius 3 is 2.32 bits per heavy atom. The summed E-state index contributed by atoms with van der Waals surface area (Å²) in [5, 5.41) is 13.5. The van der Waals surface area contributed by atoms with Crippen molar-refractivity contribution < 1.29 is 14.6 Å². The smallest absolute Gasteiger partial charge is 0.336 e. The summed E-state index contributed by atoms with van der Waals surface area (Å²) in [5.41, 5.74) is 4.77. The molecule has 0 amide bonds. The summed E-state index contributed by atoms with van der Waals surface area (Å²) in [6.45, 7) is 1.11. The highest BCUT2D eigenvalue weighted by molar-refractivity contribution is 5.79. The highest BCUT2D eigenvalue weighted by atomic mass is 16.5. The van der Waals surface area contributed by atoms with Gasteiger partial charge in [-0.05, 0) is 41.6 Å².